The van der Waals surface area contributed by atoms with Gasteiger partial charge in [-0.25, -0.2) is 4.79 Å². The van der Waals surface area contributed by atoms with Crippen molar-refractivity contribution < 1.29 is 14.3 Å². The molecule has 2 rings (SSSR count). The van der Waals surface area contributed by atoms with E-state index in [1.54, 1.807) is 24.0 Å². The molecule has 25 heavy (non-hydrogen) atoms. The zero-order valence-corrected chi connectivity index (χ0v) is 16.1. The van der Waals surface area contributed by atoms with Crippen LogP contribution in [0, 0.1) is 5.92 Å². The lowest BCUT2D eigenvalue weighted by Gasteiger charge is -2.31. The van der Waals surface area contributed by atoms with Gasteiger partial charge >= 0.3 is 6.09 Å². The first-order valence-corrected chi connectivity index (χ1v) is 9.32. The van der Waals surface area contributed by atoms with Crippen LogP contribution < -0.4 is 5.32 Å². The Labute approximate surface area is 158 Å². The predicted molar refractivity (Wildman–Crippen MR) is 99.1 cm³/mol. The van der Waals surface area contributed by atoms with Crippen LogP contribution in [-0.4, -0.2) is 42.6 Å². The number of hydrogen-bond donors (Lipinski definition) is 1. The summed E-state index contributed by atoms with van der Waals surface area (Å²) in [6.07, 6.45) is 1.85. The van der Waals surface area contributed by atoms with Crippen molar-refractivity contribution in [1.82, 2.24) is 10.2 Å². The predicted octanol–water partition coefficient (Wildman–Crippen LogP) is 3.91. The van der Waals surface area contributed by atoms with E-state index in [9.17, 15) is 9.59 Å². The molecule has 0 aliphatic carbocycles. The molecular formula is C18H24Cl2N2O3. The van der Waals surface area contributed by atoms with E-state index in [1.165, 1.54) is 0 Å². The van der Waals surface area contributed by atoms with Crippen LogP contribution in [0.5, 0.6) is 0 Å². The summed E-state index contributed by atoms with van der Waals surface area (Å²) < 4.78 is 5.02. The summed E-state index contributed by atoms with van der Waals surface area (Å²) in [5, 5.41) is 4.21. The molecule has 2 unspecified atom stereocenters. The van der Waals surface area contributed by atoms with E-state index < -0.39 is 0 Å². The lowest BCUT2D eigenvalue weighted by Crippen LogP contribution is -2.47. The topological polar surface area (TPSA) is 58.6 Å². The molecule has 1 aromatic rings. The Morgan fingerprint density at radius 3 is 2.84 bits per heavy atom. The lowest BCUT2D eigenvalue weighted by atomic mass is 9.96. The van der Waals surface area contributed by atoms with Gasteiger partial charge in [0, 0.05) is 29.2 Å². The third-order valence-electron chi connectivity index (χ3n) is 4.25. The highest BCUT2D eigenvalue weighted by molar-refractivity contribution is 6.35. The Kier molecular flexibility index (Phi) is 7.38. The number of piperidine rings is 1. The molecule has 5 nitrogen and oxygen atoms in total. The van der Waals surface area contributed by atoms with Crippen LogP contribution in [-0.2, 0) is 16.0 Å². The second kappa shape index (κ2) is 9.30. The fourth-order valence-corrected chi connectivity index (χ4v) is 3.49. The number of ether oxygens (including phenoxy) is 1. The third-order valence-corrected chi connectivity index (χ3v) is 4.84. The number of benzene rings is 1. The maximum Gasteiger partial charge on any atom is 0.409 e. The van der Waals surface area contributed by atoms with Crippen molar-refractivity contribution in [3.8, 4) is 0 Å². The number of nitrogens with one attached hydrogen (secondary N) is 1. The Hall–Kier alpha value is -1.46. The van der Waals surface area contributed by atoms with Crippen molar-refractivity contribution in [2.45, 2.75) is 39.2 Å². The summed E-state index contributed by atoms with van der Waals surface area (Å²) in [6.45, 7) is 5.09. The van der Waals surface area contributed by atoms with Gasteiger partial charge in [0.1, 0.15) is 0 Å². The van der Waals surface area contributed by atoms with Crippen molar-refractivity contribution >= 4 is 35.2 Å². The Balaban J connectivity index is 1.88. The molecule has 2 atom stereocenters. The van der Waals surface area contributed by atoms with Gasteiger partial charge in [-0.1, -0.05) is 29.3 Å². The van der Waals surface area contributed by atoms with Crippen molar-refractivity contribution in [2.24, 2.45) is 5.92 Å². The molecule has 1 heterocycles. The Morgan fingerprint density at radius 2 is 2.16 bits per heavy atom. The lowest BCUT2D eigenvalue weighted by molar-refractivity contribution is -0.127. The van der Waals surface area contributed by atoms with Gasteiger partial charge in [-0.15, -0.1) is 0 Å². The van der Waals surface area contributed by atoms with Gasteiger partial charge in [0.05, 0.1) is 12.5 Å². The smallest absolute Gasteiger partial charge is 0.409 e. The number of rotatable bonds is 5. The average Bonchev–Trinajstić information content (AvgIpc) is 2.57. The third kappa shape index (κ3) is 5.79. The van der Waals surface area contributed by atoms with Crippen LogP contribution in [0.2, 0.25) is 10.0 Å². The highest BCUT2D eigenvalue weighted by atomic mass is 35.5. The fraction of sp³-hybridized carbons (Fsp3) is 0.556. The molecule has 2 amide bonds. The van der Waals surface area contributed by atoms with E-state index in [0.29, 0.717) is 36.2 Å². The number of likely N-dealkylation sites (tertiary alicyclic amines) is 1. The normalized spacial score (nSPS) is 18.6. The average molecular weight is 387 g/mol. The molecule has 1 saturated heterocycles. The van der Waals surface area contributed by atoms with E-state index in [1.807, 2.05) is 13.0 Å². The molecule has 1 aliphatic heterocycles. The van der Waals surface area contributed by atoms with Crippen LogP contribution in [0.3, 0.4) is 0 Å². The first kappa shape index (κ1) is 19.9. The SMILES string of the molecule is CCOC(=O)N1CCCC(C(=O)NC(C)Cc2ccc(Cl)cc2Cl)C1. The maximum absolute atomic E-state index is 12.5. The van der Waals surface area contributed by atoms with E-state index in [-0.39, 0.29) is 24.0 Å². The van der Waals surface area contributed by atoms with Crippen molar-refractivity contribution in [3.63, 3.8) is 0 Å². The number of halogens is 2. The van der Waals surface area contributed by atoms with E-state index >= 15 is 0 Å². The van der Waals surface area contributed by atoms with Crippen LogP contribution in [0.15, 0.2) is 18.2 Å². The minimum Gasteiger partial charge on any atom is -0.450 e. The van der Waals surface area contributed by atoms with Crippen LogP contribution in [0.25, 0.3) is 0 Å². The summed E-state index contributed by atoms with van der Waals surface area (Å²) in [4.78, 5) is 26.0. The zero-order valence-electron chi connectivity index (χ0n) is 14.6. The largest absolute Gasteiger partial charge is 0.450 e. The number of carbonyl (C=O) groups excluding carboxylic acids is 2. The molecule has 1 N–H and O–H groups in total. The first-order chi connectivity index (χ1) is 11.9. The molecule has 0 aromatic heterocycles. The Morgan fingerprint density at radius 1 is 1.40 bits per heavy atom. The Bertz CT molecular complexity index is 624. The van der Waals surface area contributed by atoms with Gasteiger partial charge in [0.15, 0.2) is 0 Å². The zero-order chi connectivity index (χ0) is 18.4. The van der Waals surface area contributed by atoms with E-state index in [0.717, 1.165) is 18.4 Å². The molecule has 1 aromatic carbocycles. The molecule has 138 valence electrons. The molecule has 1 aliphatic rings. The second-order valence-electron chi connectivity index (χ2n) is 6.33. The van der Waals surface area contributed by atoms with Gasteiger partial charge < -0.3 is 15.0 Å². The number of amides is 2. The first-order valence-electron chi connectivity index (χ1n) is 8.56. The van der Waals surface area contributed by atoms with Crippen molar-refractivity contribution in [3.05, 3.63) is 33.8 Å². The minimum atomic E-state index is -0.346. The number of carbonyl (C=O) groups is 2. The molecule has 0 spiro atoms. The second-order valence-corrected chi connectivity index (χ2v) is 7.18. The molecule has 0 saturated carbocycles. The maximum atomic E-state index is 12.5. The van der Waals surface area contributed by atoms with Crippen LogP contribution in [0.4, 0.5) is 4.79 Å². The molecular weight excluding hydrogens is 363 g/mol. The van der Waals surface area contributed by atoms with E-state index in [2.05, 4.69) is 5.32 Å². The van der Waals surface area contributed by atoms with Crippen molar-refractivity contribution in [1.29, 1.82) is 0 Å². The quantitative estimate of drug-likeness (QED) is 0.834. The number of hydrogen-bond acceptors (Lipinski definition) is 3. The molecule has 0 bridgehead atoms. The highest BCUT2D eigenvalue weighted by Crippen LogP contribution is 2.22. The summed E-state index contributed by atoms with van der Waals surface area (Å²) in [7, 11) is 0. The molecule has 0 radical (unpaired) electrons. The summed E-state index contributed by atoms with van der Waals surface area (Å²) >= 11 is 12.1. The fourth-order valence-electron chi connectivity index (χ4n) is 3.00. The number of nitrogens with zero attached hydrogens (tertiary/aromatic N) is 1. The van der Waals surface area contributed by atoms with Crippen LogP contribution >= 0.6 is 23.2 Å². The van der Waals surface area contributed by atoms with Crippen molar-refractivity contribution in [2.75, 3.05) is 19.7 Å². The highest BCUT2D eigenvalue weighted by Gasteiger charge is 2.29. The van der Waals surface area contributed by atoms with Gasteiger partial charge in [0.2, 0.25) is 5.91 Å². The van der Waals surface area contributed by atoms with E-state index in [4.69, 9.17) is 27.9 Å². The van der Waals surface area contributed by atoms with Gasteiger partial charge in [-0.2, -0.15) is 0 Å². The summed E-state index contributed by atoms with van der Waals surface area (Å²) in [5.74, 6) is -0.243. The van der Waals surface area contributed by atoms with Gasteiger partial charge in [-0.3, -0.25) is 4.79 Å². The monoisotopic (exact) mass is 386 g/mol. The standard InChI is InChI=1S/C18H24Cl2N2O3/c1-3-25-18(24)22-8-4-5-14(11-22)17(23)21-12(2)9-13-6-7-15(19)10-16(13)20/h6-7,10,12,14H,3-5,8-9,11H2,1-2H3,(H,21,23). The minimum absolute atomic E-state index is 0.0356. The van der Waals surface area contributed by atoms with Gasteiger partial charge in [0.25, 0.3) is 0 Å². The molecule has 1 fully saturated rings. The molecule has 7 heteroatoms. The summed E-state index contributed by atoms with van der Waals surface area (Å²) in [6, 6.07) is 5.29. The van der Waals surface area contributed by atoms with Crippen LogP contribution in [0.1, 0.15) is 32.3 Å². The summed E-state index contributed by atoms with van der Waals surface area (Å²) in [5.41, 5.74) is 0.940. The van der Waals surface area contributed by atoms with Gasteiger partial charge in [-0.05, 0) is 50.8 Å².